The van der Waals surface area contributed by atoms with Gasteiger partial charge in [-0.15, -0.1) is 28.1 Å². The fourth-order valence-electron chi connectivity index (χ4n) is 4.79. The largest absolute Gasteiger partial charge is 0.316 e. The summed E-state index contributed by atoms with van der Waals surface area (Å²) in [5.74, 6) is 1.61. The number of amides is 1. The van der Waals surface area contributed by atoms with Crippen LogP contribution in [0.25, 0.3) is 0 Å². The van der Waals surface area contributed by atoms with Crippen molar-refractivity contribution in [3.8, 4) is 6.07 Å². The number of allylic oxidation sites excluding steroid dienone is 1. The number of nitrogens with one attached hydrogen (secondary N) is 1. The number of aryl methyl sites for hydroxylation is 1. The maximum Gasteiger partial charge on any atom is 0.235 e. The van der Waals surface area contributed by atoms with Crippen LogP contribution < -0.4 is 5.32 Å². The van der Waals surface area contributed by atoms with Gasteiger partial charge >= 0.3 is 0 Å². The molecule has 2 aliphatic rings. The Labute approximate surface area is 198 Å². The fourth-order valence-corrected chi connectivity index (χ4v) is 6.80. The predicted octanol–water partition coefficient (Wildman–Crippen LogP) is 5.83. The van der Waals surface area contributed by atoms with E-state index in [4.69, 9.17) is 0 Å². The summed E-state index contributed by atoms with van der Waals surface area (Å²) >= 11 is 2.99. The third kappa shape index (κ3) is 5.26. The summed E-state index contributed by atoms with van der Waals surface area (Å²) in [6, 6.07) is 2.35. The molecule has 170 valence electrons. The lowest BCUT2D eigenvalue weighted by Gasteiger charge is -2.21. The number of thioether (sulfide) groups is 1. The Bertz CT molecular complexity index is 997. The summed E-state index contributed by atoms with van der Waals surface area (Å²) in [7, 11) is 0. The molecule has 2 heterocycles. The highest BCUT2D eigenvalue weighted by molar-refractivity contribution is 7.99. The average molecular weight is 470 g/mol. The van der Waals surface area contributed by atoms with E-state index in [2.05, 4.69) is 32.7 Å². The van der Waals surface area contributed by atoms with E-state index >= 15 is 0 Å². The lowest BCUT2D eigenvalue weighted by atomic mass is 9.89. The number of hydrogen-bond acceptors (Lipinski definition) is 6. The van der Waals surface area contributed by atoms with Gasteiger partial charge in [-0.1, -0.05) is 49.9 Å². The molecule has 0 aliphatic heterocycles. The molecule has 6 nitrogen and oxygen atoms in total. The van der Waals surface area contributed by atoms with Crippen molar-refractivity contribution >= 4 is 34.0 Å². The van der Waals surface area contributed by atoms with Gasteiger partial charge in [0.2, 0.25) is 5.91 Å². The molecular formula is C24H31N5OS2. The van der Waals surface area contributed by atoms with Gasteiger partial charge in [0.05, 0.1) is 11.3 Å². The molecule has 1 N–H and O–H groups in total. The number of anilines is 1. The molecule has 2 aromatic heterocycles. The van der Waals surface area contributed by atoms with Gasteiger partial charge in [-0.25, -0.2) is 0 Å². The molecular weight excluding hydrogens is 438 g/mol. The second-order valence-corrected chi connectivity index (χ2v) is 10.7. The molecule has 0 saturated heterocycles. The van der Waals surface area contributed by atoms with Crippen LogP contribution in [0.2, 0.25) is 0 Å². The standard InChI is InChI=1S/C24H31N5OS2/c1-2-14-29-22(17-10-6-5-7-11-17)27-28-24(29)31-16-21(30)26-23-19(15-25)18-12-8-3-4-9-13-20(18)32-23/h2,17H,1,3-14,16H2,(H,26,30). The number of nitrogens with zero attached hydrogens (tertiary/aromatic N) is 4. The van der Waals surface area contributed by atoms with Gasteiger partial charge in [-0.05, 0) is 44.1 Å². The minimum Gasteiger partial charge on any atom is -0.316 e. The zero-order valence-corrected chi connectivity index (χ0v) is 20.2. The second kappa shape index (κ2) is 11.2. The van der Waals surface area contributed by atoms with E-state index in [1.165, 1.54) is 48.7 Å². The molecule has 0 aromatic carbocycles. The first-order chi connectivity index (χ1) is 15.7. The Morgan fingerprint density at radius 2 is 1.94 bits per heavy atom. The van der Waals surface area contributed by atoms with E-state index in [9.17, 15) is 10.1 Å². The Morgan fingerprint density at radius 1 is 1.19 bits per heavy atom. The molecule has 0 radical (unpaired) electrons. The molecule has 0 spiro atoms. The molecule has 1 saturated carbocycles. The molecule has 1 fully saturated rings. The van der Waals surface area contributed by atoms with Gasteiger partial charge < -0.3 is 9.88 Å². The van der Waals surface area contributed by atoms with Gasteiger partial charge in [0, 0.05) is 17.3 Å². The van der Waals surface area contributed by atoms with Crippen molar-refractivity contribution in [1.82, 2.24) is 14.8 Å². The Balaban J connectivity index is 1.43. The minimum absolute atomic E-state index is 0.104. The average Bonchev–Trinajstić information content (AvgIpc) is 3.33. The van der Waals surface area contributed by atoms with Crippen LogP contribution in [0.4, 0.5) is 5.00 Å². The smallest absolute Gasteiger partial charge is 0.235 e. The topological polar surface area (TPSA) is 83.6 Å². The van der Waals surface area contributed by atoms with E-state index in [-0.39, 0.29) is 11.7 Å². The SMILES string of the molecule is C=CCn1c(SCC(=O)Nc2sc3c(c2C#N)CCCCCC3)nnc1C1CCCCC1. The van der Waals surface area contributed by atoms with Crippen molar-refractivity contribution < 1.29 is 4.79 Å². The van der Waals surface area contributed by atoms with E-state index in [0.29, 0.717) is 23.0 Å². The number of fused-ring (bicyclic) bond motifs is 1. The molecule has 4 rings (SSSR count). The summed E-state index contributed by atoms with van der Waals surface area (Å²) in [5.41, 5.74) is 1.82. The number of hydrogen-bond donors (Lipinski definition) is 1. The van der Waals surface area contributed by atoms with Gasteiger partial charge in [0.25, 0.3) is 0 Å². The van der Waals surface area contributed by atoms with Crippen LogP contribution in [0.5, 0.6) is 0 Å². The highest BCUT2D eigenvalue weighted by Crippen LogP contribution is 2.37. The van der Waals surface area contributed by atoms with Crippen LogP contribution in [0.3, 0.4) is 0 Å². The first-order valence-corrected chi connectivity index (χ1v) is 13.5. The summed E-state index contributed by atoms with van der Waals surface area (Å²) < 4.78 is 2.11. The monoisotopic (exact) mass is 469 g/mol. The van der Waals surface area contributed by atoms with E-state index < -0.39 is 0 Å². The van der Waals surface area contributed by atoms with Crippen molar-refractivity contribution in [2.45, 2.75) is 88.2 Å². The zero-order valence-electron chi connectivity index (χ0n) is 18.6. The molecule has 2 aliphatic carbocycles. The van der Waals surface area contributed by atoms with Crippen molar-refractivity contribution in [2.75, 3.05) is 11.1 Å². The minimum atomic E-state index is -0.104. The summed E-state index contributed by atoms with van der Waals surface area (Å²) in [5, 5.41) is 23.1. The van der Waals surface area contributed by atoms with E-state index in [1.54, 1.807) is 11.3 Å². The molecule has 8 heteroatoms. The molecule has 0 unspecified atom stereocenters. The lowest BCUT2D eigenvalue weighted by molar-refractivity contribution is -0.113. The second-order valence-electron chi connectivity index (χ2n) is 8.65. The highest BCUT2D eigenvalue weighted by atomic mass is 32.2. The van der Waals surface area contributed by atoms with Crippen molar-refractivity contribution in [2.24, 2.45) is 0 Å². The number of aromatic nitrogens is 3. The summed E-state index contributed by atoms with van der Waals surface area (Å²) in [4.78, 5) is 14.0. The number of carbonyl (C=O) groups excluding carboxylic acids is 1. The van der Waals surface area contributed by atoms with Crippen LogP contribution in [0, 0.1) is 11.3 Å². The zero-order chi connectivity index (χ0) is 22.3. The highest BCUT2D eigenvalue weighted by Gasteiger charge is 2.24. The quantitative estimate of drug-likeness (QED) is 0.407. The lowest BCUT2D eigenvalue weighted by Crippen LogP contribution is -2.15. The van der Waals surface area contributed by atoms with Crippen molar-refractivity contribution in [1.29, 1.82) is 5.26 Å². The Kier molecular flexibility index (Phi) is 8.04. The van der Waals surface area contributed by atoms with Gasteiger partial charge in [0.15, 0.2) is 5.16 Å². The van der Waals surface area contributed by atoms with Crippen molar-refractivity contribution in [3.05, 3.63) is 34.5 Å². The van der Waals surface area contributed by atoms with Crippen LogP contribution in [-0.2, 0) is 24.2 Å². The van der Waals surface area contributed by atoms with Gasteiger partial charge in [-0.2, -0.15) is 5.26 Å². The van der Waals surface area contributed by atoms with Gasteiger partial charge in [0.1, 0.15) is 16.9 Å². The third-order valence-electron chi connectivity index (χ3n) is 6.40. The van der Waals surface area contributed by atoms with Crippen molar-refractivity contribution in [3.63, 3.8) is 0 Å². The van der Waals surface area contributed by atoms with Crippen LogP contribution in [0.1, 0.15) is 85.5 Å². The maximum absolute atomic E-state index is 12.8. The molecule has 2 aromatic rings. The van der Waals surface area contributed by atoms with Crippen LogP contribution in [-0.4, -0.2) is 26.4 Å². The van der Waals surface area contributed by atoms with E-state index in [1.807, 2.05) is 6.08 Å². The molecule has 0 bridgehead atoms. The molecule has 0 atom stereocenters. The third-order valence-corrected chi connectivity index (χ3v) is 8.57. The summed E-state index contributed by atoms with van der Waals surface area (Å²) in [6.07, 6.45) is 14.6. The molecule has 1 amide bonds. The first-order valence-electron chi connectivity index (χ1n) is 11.7. The Hall–Kier alpha value is -2.11. The van der Waals surface area contributed by atoms with Crippen LogP contribution >= 0.6 is 23.1 Å². The molecule has 32 heavy (non-hydrogen) atoms. The van der Waals surface area contributed by atoms with E-state index in [0.717, 1.165) is 55.1 Å². The fraction of sp³-hybridized carbons (Fsp3) is 0.583. The predicted molar refractivity (Wildman–Crippen MR) is 130 cm³/mol. The number of carbonyl (C=O) groups is 1. The number of nitriles is 1. The Morgan fingerprint density at radius 3 is 2.69 bits per heavy atom. The summed E-state index contributed by atoms with van der Waals surface area (Å²) in [6.45, 7) is 4.54. The number of thiophene rings is 1. The van der Waals surface area contributed by atoms with Crippen LogP contribution in [0.15, 0.2) is 17.8 Å². The van der Waals surface area contributed by atoms with Gasteiger partial charge in [-0.3, -0.25) is 4.79 Å². The number of rotatable bonds is 7. The maximum atomic E-state index is 12.8. The first kappa shape index (κ1) is 23.1. The normalized spacial score (nSPS) is 17.1.